The number of para-hydroxylation sites is 1. The molecule has 1 aromatic carbocycles. The molecule has 1 aromatic rings. The maximum Gasteiger partial charge on any atom is 0.146 e. The molecule has 0 amide bonds. The van der Waals surface area contributed by atoms with Gasteiger partial charge in [-0.3, -0.25) is 0 Å². The molecule has 1 atom stereocenters. The second-order valence-electron chi connectivity index (χ2n) is 6.22. The molecule has 1 heterocycles. The van der Waals surface area contributed by atoms with Gasteiger partial charge in [-0.25, -0.2) is 4.39 Å². The van der Waals surface area contributed by atoms with Crippen molar-refractivity contribution >= 4 is 5.69 Å². The predicted molar refractivity (Wildman–Crippen MR) is 87.3 cm³/mol. The number of nitrogens with zero attached hydrogens (tertiary/aromatic N) is 2. The summed E-state index contributed by atoms with van der Waals surface area (Å²) in [5.74, 6) is 0.524. The summed E-state index contributed by atoms with van der Waals surface area (Å²) in [4.78, 5) is 4.45. The SMILES string of the molecule is CCCNCc1cccc(F)c1N(C)CC1CCN(C)C1. The van der Waals surface area contributed by atoms with E-state index in [1.165, 1.54) is 6.42 Å². The molecule has 0 aliphatic carbocycles. The summed E-state index contributed by atoms with van der Waals surface area (Å²) in [6.07, 6.45) is 2.30. The van der Waals surface area contributed by atoms with E-state index in [2.05, 4.69) is 29.1 Å². The van der Waals surface area contributed by atoms with Crippen LogP contribution in [0.5, 0.6) is 0 Å². The van der Waals surface area contributed by atoms with Gasteiger partial charge in [0.25, 0.3) is 0 Å². The van der Waals surface area contributed by atoms with Gasteiger partial charge in [-0.2, -0.15) is 0 Å². The second kappa shape index (κ2) is 7.76. The van der Waals surface area contributed by atoms with Crippen LogP contribution in [0.1, 0.15) is 25.3 Å². The summed E-state index contributed by atoms with van der Waals surface area (Å²) in [6, 6.07) is 5.40. The second-order valence-corrected chi connectivity index (χ2v) is 6.22. The molecule has 4 heteroatoms. The van der Waals surface area contributed by atoms with Crippen molar-refractivity contribution in [2.45, 2.75) is 26.3 Å². The van der Waals surface area contributed by atoms with Crippen molar-refractivity contribution < 1.29 is 4.39 Å². The molecule has 1 N–H and O–H groups in total. The highest BCUT2D eigenvalue weighted by Crippen LogP contribution is 2.26. The Morgan fingerprint density at radius 3 is 2.90 bits per heavy atom. The average molecular weight is 293 g/mol. The van der Waals surface area contributed by atoms with Crippen LogP contribution >= 0.6 is 0 Å². The van der Waals surface area contributed by atoms with Crippen molar-refractivity contribution in [3.8, 4) is 0 Å². The van der Waals surface area contributed by atoms with Gasteiger partial charge in [0.2, 0.25) is 0 Å². The molecule has 1 aliphatic rings. The van der Waals surface area contributed by atoms with Crippen LogP contribution < -0.4 is 10.2 Å². The van der Waals surface area contributed by atoms with Crippen molar-refractivity contribution in [1.82, 2.24) is 10.2 Å². The fourth-order valence-electron chi connectivity index (χ4n) is 3.18. The lowest BCUT2D eigenvalue weighted by atomic mass is 10.1. The van der Waals surface area contributed by atoms with Gasteiger partial charge in [0.15, 0.2) is 0 Å². The minimum atomic E-state index is -0.111. The summed E-state index contributed by atoms with van der Waals surface area (Å²) in [7, 11) is 4.17. The van der Waals surface area contributed by atoms with Crippen LogP contribution in [0.25, 0.3) is 0 Å². The van der Waals surface area contributed by atoms with E-state index < -0.39 is 0 Å². The first kappa shape index (κ1) is 16.2. The highest BCUT2D eigenvalue weighted by atomic mass is 19.1. The molecule has 0 spiro atoms. The van der Waals surface area contributed by atoms with Crippen LogP contribution in [-0.2, 0) is 6.54 Å². The van der Waals surface area contributed by atoms with Crippen LogP contribution in [0.15, 0.2) is 18.2 Å². The van der Waals surface area contributed by atoms with E-state index in [9.17, 15) is 4.39 Å². The van der Waals surface area contributed by atoms with Crippen LogP contribution in [0, 0.1) is 11.7 Å². The molecule has 1 unspecified atom stereocenters. The first-order chi connectivity index (χ1) is 10.1. The summed E-state index contributed by atoms with van der Waals surface area (Å²) in [5.41, 5.74) is 1.81. The normalized spacial score (nSPS) is 19.1. The van der Waals surface area contributed by atoms with Crippen molar-refractivity contribution in [2.75, 3.05) is 45.2 Å². The molecule has 0 radical (unpaired) electrons. The topological polar surface area (TPSA) is 18.5 Å². The van der Waals surface area contributed by atoms with E-state index in [4.69, 9.17) is 0 Å². The fourth-order valence-corrected chi connectivity index (χ4v) is 3.18. The van der Waals surface area contributed by atoms with Gasteiger partial charge in [-0.15, -0.1) is 0 Å². The largest absolute Gasteiger partial charge is 0.372 e. The average Bonchev–Trinajstić information content (AvgIpc) is 2.84. The molecule has 1 saturated heterocycles. The quantitative estimate of drug-likeness (QED) is 0.780. The smallest absolute Gasteiger partial charge is 0.146 e. The molecular weight excluding hydrogens is 265 g/mol. The van der Waals surface area contributed by atoms with Crippen LogP contribution in [0.4, 0.5) is 10.1 Å². The molecule has 21 heavy (non-hydrogen) atoms. The Morgan fingerprint density at radius 1 is 1.43 bits per heavy atom. The number of hydrogen-bond acceptors (Lipinski definition) is 3. The van der Waals surface area contributed by atoms with Gasteiger partial charge in [0.05, 0.1) is 5.69 Å². The number of rotatable bonds is 7. The van der Waals surface area contributed by atoms with E-state index in [0.717, 1.165) is 50.4 Å². The summed E-state index contributed by atoms with van der Waals surface area (Å²) in [6.45, 7) is 7.03. The van der Waals surface area contributed by atoms with Crippen LogP contribution in [0.3, 0.4) is 0 Å². The van der Waals surface area contributed by atoms with Gasteiger partial charge in [-0.1, -0.05) is 19.1 Å². The van der Waals surface area contributed by atoms with E-state index >= 15 is 0 Å². The van der Waals surface area contributed by atoms with Gasteiger partial charge < -0.3 is 15.1 Å². The van der Waals surface area contributed by atoms with Crippen LogP contribution in [0.2, 0.25) is 0 Å². The Labute approximate surface area is 128 Å². The molecule has 118 valence electrons. The van der Waals surface area contributed by atoms with Gasteiger partial charge in [0, 0.05) is 26.7 Å². The standard InChI is InChI=1S/C17H28FN3/c1-4-9-19-11-15-6-5-7-16(18)17(15)21(3)13-14-8-10-20(2)12-14/h5-7,14,19H,4,8-13H2,1-3H3. The first-order valence-electron chi connectivity index (χ1n) is 7.99. The number of anilines is 1. The number of hydrogen-bond donors (Lipinski definition) is 1. The minimum Gasteiger partial charge on any atom is -0.372 e. The maximum absolute atomic E-state index is 14.3. The Morgan fingerprint density at radius 2 is 2.24 bits per heavy atom. The molecule has 1 aliphatic heterocycles. The van der Waals surface area contributed by atoms with E-state index in [1.54, 1.807) is 12.1 Å². The first-order valence-corrected chi connectivity index (χ1v) is 7.99. The fraction of sp³-hybridized carbons (Fsp3) is 0.647. The Hall–Kier alpha value is -1.13. The van der Waals surface area contributed by atoms with E-state index in [0.29, 0.717) is 5.92 Å². The maximum atomic E-state index is 14.3. The summed E-state index contributed by atoms with van der Waals surface area (Å²) in [5, 5.41) is 3.37. The minimum absolute atomic E-state index is 0.111. The highest BCUT2D eigenvalue weighted by molar-refractivity contribution is 5.54. The summed E-state index contributed by atoms with van der Waals surface area (Å²) < 4.78 is 14.3. The molecule has 0 bridgehead atoms. The third-order valence-corrected chi connectivity index (χ3v) is 4.22. The molecule has 3 nitrogen and oxygen atoms in total. The number of nitrogens with one attached hydrogen (secondary N) is 1. The zero-order valence-corrected chi connectivity index (χ0v) is 13.5. The lowest BCUT2D eigenvalue weighted by molar-refractivity contribution is 0.395. The van der Waals surface area contributed by atoms with Gasteiger partial charge in [0.1, 0.15) is 5.82 Å². The number of likely N-dealkylation sites (tertiary alicyclic amines) is 1. The highest BCUT2D eigenvalue weighted by Gasteiger charge is 2.22. The zero-order valence-electron chi connectivity index (χ0n) is 13.5. The number of halogens is 1. The Bertz CT molecular complexity index is 450. The Balaban J connectivity index is 2.05. The monoisotopic (exact) mass is 293 g/mol. The van der Waals surface area contributed by atoms with Crippen molar-refractivity contribution in [3.05, 3.63) is 29.6 Å². The van der Waals surface area contributed by atoms with Crippen molar-refractivity contribution in [2.24, 2.45) is 5.92 Å². The van der Waals surface area contributed by atoms with Gasteiger partial charge >= 0.3 is 0 Å². The lowest BCUT2D eigenvalue weighted by Gasteiger charge is -2.26. The van der Waals surface area contributed by atoms with E-state index in [1.807, 2.05) is 13.1 Å². The molecular formula is C17H28FN3. The van der Waals surface area contributed by atoms with Crippen molar-refractivity contribution in [3.63, 3.8) is 0 Å². The van der Waals surface area contributed by atoms with Crippen LogP contribution in [-0.4, -0.2) is 45.2 Å². The molecule has 1 fully saturated rings. The lowest BCUT2D eigenvalue weighted by Crippen LogP contribution is -2.29. The third kappa shape index (κ3) is 4.42. The Kier molecular flexibility index (Phi) is 6.00. The predicted octanol–water partition coefficient (Wildman–Crippen LogP) is 2.71. The number of benzene rings is 1. The molecule has 0 aromatic heterocycles. The summed E-state index contributed by atoms with van der Waals surface area (Å²) >= 11 is 0. The third-order valence-electron chi connectivity index (χ3n) is 4.22. The van der Waals surface area contributed by atoms with E-state index in [-0.39, 0.29) is 5.82 Å². The van der Waals surface area contributed by atoms with Crippen molar-refractivity contribution in [1.29, 1.82) is 0 Å². The zero-order chi connectivity index (χ0) is 15.2. The molecule has 0 saturated carbocycles. The molecule has 2 rings (SSSR count). The van der Waals surface area contributed by atoms with Gasteiger partial charge in [-0.05, 0) is 50.5 Å².